The van der Waals surface area contributed by atoms with E-state index in [0.29, 0.717) is 0 Å². The third-order valence-electron chi connectivity index (χ3n) is 2.67. The van der Waals surface area contributed by atoms with Gasteiger partial charge in [0.15, 0.2) is 12.4 Å². The SMILES string of the molecule is CC[n+]1ccc(-c2ccc([N+](=O)[O-])cc2)cc1.[I-]. The molecule has 4 nitrogen and oxygen atoms in total. The molecule has 0 aliphatic heterocycles. The number of benzene rings is 1. The van der Waals surface area contributed by atoms with Crippen LogP contribution in [0.3, 0.4) is 0 Å². The second kappa shape index (κ2) is 6.44. The van der Waals surface area contributed by atoms with Gasteiger partial charge in [-0.05, 0) is 30.2 Å². The summed E-state index contributed by atoms with van der Waals surface area (Å²) in [6, 6.07) is 10.6. The number of nitro benzene ring substituents is 1. The predicted molar refractivity (Wildman–Crippen MR) is 64.4 cm³/mol. The van der Waals surface area contributed by atoms with E-state index in [2.05, 4.69) is 11.5 Å². The Labute approximate surface area is 122 Å². The van der Waals surface area contributed by atoms with Crippen molar-refractivity contribution in [3.05, 3.63) is 58.9 Å². The van der Waals surface area contributed by atoms with Crippen LogP contribution < -0.4 is 28.5 Å². The third kappa shape index (κ3) is 3.25. The molecule has 0 atom stereocenters. The number of pyridine rings is 1. The molecule has 0 spiro atoms. The maximum atomic E-state index is 10.5. The molecule has 2 aromatic rings. The summed E-state index contributed by atoms with van der Waals surface area (Å²) in [6.45, 7) is 3.01. The normalized spacial score (nSPS) is 9.61. The molecule has 0 bridgehead atoms. The van der Waals surface area contributed by atoms with Crippen LogP contribution in [0.1, 0.15) is 6.92 Å². The Kier molecular flexibility index (Phi) is 5.21. The maximum absolute atomic E-state index is 10.5. The van der Waals surface area contributed by atoms with E-state index in [0.717, 1.165) is 17.7 Å². The molecule has 0 unspecified atom stereocenters. The van der Waals surface area contributed by atoms with E-state index < -0.39 is 0 Å². The number of nitro groups is 1. The van der Waals surface area contributed by atoms with E-state index in [9.17, 15) is 10.1 Å². The molecule has 0 amide bonds. The average Bonchev–Trinajstić information content (AvgIpc) is 2.39. The molecule has 0 radical (unpaired) electrons. The highest BCUT2D eigenvalue weighted by molar-refractivity contribution is 5.63. The van der Waals surface area contributed by atoms with Crippen molar-refractivity contribution >= 4 is 5.69 Å². The van der Waals surface area contributed by atoms with Gasteiger partial charge in [-0.1, -0.05) is 0 Å². The highest BCUT2D eigenvalue weighted by atomic mass is 127. The lowest BCUT2D eigenvalue weighted by atomic mass is 10.1. The minimum absolute atomic E-state index is 0. The second-order valence-corrected chi connectivity index (χ2v) is 3.72. The molecular formula is C13H13IN2O2. The van der Waals surface area contributed by atoms with Gasteiger partial charge in [-0.2, -0.15) is 0 Å². The highest BCUT2D eigenvalue weighted by Crippen LogP contribution is 2.21. The average molecular weight is 356 g/mol. The summed E-state index contributed by atoms with van der Waals surface area (Å²) >= 11 is 0. The van der Waals surface area contributed by atoms with Crippen molar-refractivity contribution in [2.24, 2.45) is 0 Å². The fourth-order valence-electron chi connectivity index (χ4n) is 1.64. The van der Waals surface area contributed by atoms with Crippen LogP contribution in [0.5, 0.6) is 0 Å². The van der Waals surface area contributed by atoms with Crippen molar-refractivity contribution in [1.29, 1.82) is 0 Å². The third-order valence-corrected chi connectivity index (χ3v) is 2.67. The Morgan fingerprint density at radius 1 is 1.06 bits per heavy atom. The van der Waals surface area contributed by atoms with Crippen LogP contribution >= 0.6 is 0 Å². The molecule has 18 heavy (non-hydrogen) atoms. The lowest BCUT2D eigenvalue weighted by Gasteiger charge is -2.00. The van der Waals surface area contributed by atoms with Crippen molar-refractivity contribution in [3.63, 3.8) is 0 Å². The van der Waals surface area contributed by atoms with Crippen molar-refractivity contribution in [2.75, 3.05) is 0 Å². The first-order valence-corrected chi connectivity index (χ1v) is 5.44. The number of nitrogens with zero attached hydrogens (tertiary/aromatic N) is 2. The van der Waals surface area contributed by atoms with Gasteiger partial charge in [-0.3, -0.25) is 10.1 Å². The molecule has 0 fully saturated rings. The van der Waals surface area contributed by atoms with E-state index in [1.54, 1.807) is 12.1 Å². The Morgan fingerprint density at radius 2 is 1.56 bits per heavy atom. The maximum Gasteiger partial charge on any atom is 0.269 e. The predicted octanol–water partition coefficient (Wildman–Crippen LogP) is -0.427. The number of hydrogen-bond donors (Lipinski definition) is 0. The molecule has 94 valence electrons. The first-order chi connectivity index (χ1) is 8.20. The molecule has 0 aliphatic rings. The van der Waals surface area contributed by atoms with Crippen LogP contribution in [0.25, 0.3) is 11.1 Å². The Balaban J connectivity index is 0.00000162. The van der Waals surface area contributed by atoms with Crippen LogP contribution in [-0.4, -0.2) is 4.92 Å². The van der Waals surface area contributed by atoms with E-state index in [1.165, 1.54) is 12.1 Å². The molecule has 1 aromatic heterocycles. The summed E-state index contributed by atoms with van der Waals surface area (Å²) in [7, 11) is 0. The summed E-state index contributed by atoms with van der Waals surface area (Å²) in [5.74, 6) is 0. The van der Waals surface area contributed by atoms with Gasteiger partial charge in [0.25, 0.3) is 5.69 Å². The first-order valence-electron chi connectivity index (χ1n) is 5.44. The van der Waals surface area contributed by atoms with Gasteiger partial charge in [0.05, 0.1) is 4.92 Å². The fourth-order valence-corrected chi connectivity index (χ4v) is 1.64. The summed E-state index contributed by atoms with van der Waals surface area (Å²) in [5, 5.41) is 10.5. The van der Waals surface area contributed by atoms with Gasteiger partial charge < -0.3 is 24.0 Å². The summed E-state index contributed by atoms with van der Waals surface area (Å²) < 4.78 is 2.06. The molecule has 0 aliphatic carbocycles. The molecule has 1 heterocycles. The van der Waals surface area contributed by atoms with Gasteiger partial charge >= 0.3 is 0 Å². The molecule has 1 aromatic carbocycles. The number of halogens is 1. The van der Waals surface area contributed by atoms with Gasteiger partial charge in [0.1, 0.15) is 6.54 Å². The van der Waals surface area contributed by atoms with E-state index >= 15 is 0 Å². The van der Waals surface area contributed by atoms with Gasteiger partial charge in [0, 0.05) is 24.3 Å². The van der Waals surface area contributed by atoms with E-state index in [-0.39, 0.29) is 34.6 Å². The van der Waals surface area contributed by atoms with E-state index in [1.807, 2.05) is 24.5 Å². The molecule has 0 N–H and O–H groups in total. The minimum atomic E-state index is -0.389. The highest BCUT2D eigenvalue weighted by Gasteiger charge is 2.06. The van der Waals surface area contributed by atoms with Gasteiger partial charge in [-0.25, -0.2) is 4.57 Å². The lowest BCUT2D eigenvalue weighted by Crippen LogP contribution is -3.00. The fraction of sp³-hybridized carbons (Fsp3) is 0.154. The van der Waals surface area contributed by atoms with Crippen LogP contribution in [-0.2, 0) is 6.54 Å². The second-order valence-electron chi connectivity index (χ2n) is 3.72. The Bertz CT molecular complexity index is 524. The van der Waals surface area contributed by atoms with Crippen LogP contribution in [0.15, 0.2) is 48.8 Å². The molecular weight excluding hydrogens is 343 g/mol. The van der Waals surface area contributed by atoms with Crippen molar-refractivity contribution in [1.82, 2.24) is 0 Å². The summed E-state index contributed by atoms with van der Waals surface area (Å²) in [4.78, 5) is 10.1. The zero-order valence-corrected chi connectivity index (χ0v) is 12.1. The van der Waals surface area contributed by atoms with Crippen LogP contribution in [0.2, 0.25) is 0 Å². The molecule has 0 saturated heterocycles. The van der Waals surface area contributed by atoms with E-state index in [4.69, 9.17) is 0 Å². The number of rotatable bonds is 3. The van der Waals surface area contributed by atoms with Gasteiger partial charge in [-0.15, -0.1) is 0 Å². The zero-order valence-electron chi connectivity index (χ0n) is 9.91. The molecule has 0 saturated carbocycles. The van der Waals surface area contributed by atoms with Gasteiger partial charge in [0.2, 0.25) is 0 Å². The topological polar surface area (TPSA) is 47.0 Å². The number of aromatic nitrogens is 1. The lowest BCUT2D eigenvalue weighted by molar-refractivity contribution is -0.693. The largest absolute Gasteiger partial charge is 1.00 e. The Hall–Kier alpha value is -1.50. The van der Waals surface area contributed by atoms with Crippen molar-refractivity contribution < 1.29 is 33.5 Å². The van der Waals surface area contributed by atoms with Crippen LogP contribution in [0, 0.1) is 10.1 Å². The standard InChI is InChI=1S/C13H13N2O2.HI/c1-2-14-9-7-12(8-10-14)11-3-5-13(6-4-11)15(16)17;/h3-10H,2H2,1H3;1H/q+1;/p-1. The number of hydrogen-bond acceptors (Lipinski definition) is 2. The van der Waals surface area contributed by atoms with Crippen LogP contribution in [0.4, 0.5) is 5.69 Å². The zero-order chi connectivity index (χ0) is 12.3. The number of aryl methyl sites for hydroxylation is 1. The van der Waals surface area contributed by atoms with Crippen molar-refractivity contribution in [3.8, 4) is 11.1 Å². The summed E-state index contributed by atoms with van der Waals surface area (Å²) in [6.07, 6.45) is 3.99. The Morgan fingerprint density at radius 3 is 2.00 bits per heavy atom. The summed E-state index contributed by atoms with van der Waals surface area (Å²) in [5.41, 5.74) is 2.16. The number of non-ortho nitro benzene ring substituents is 1. The molecule has 2 rings (SSSR count). The monoisotopic (exact) mass is 356 g/mol. The van der Waals surface area contributed by atoms with Crippen molar-refractivity contribution in [2.45, 2.75) is 13.5 Å². The quantitative estimate of drug-likeness (QED) is 0.325. The minimum Gasteiger partial charge on any atom is -1.00 e. The first kappa shape index (κ1) is 14.6. The molecule has 5 heteroatoms. The smallest absolute Gasteiger partial charge is 0.269 e.